The van der Waals surface area contributed by atoms with Gasteiger partial charge in [0, 0.05) is 13.0 Å². The van der Waals surface area contributed by atoms with Gasteiger partial charge < -0.3 is 9.73 Å². The van der Waals surface area contributed by atoms with Gasteiger partial charge in [-0.2, -0.15) is 0 Å². The predicted molar refractivity (Wildman–Crippen MR) is 53.7 cm³/mol. The standard InChI is InChI=1S/C11H13NO2/c1-2-3-4-5-7-12-11(13)10-6-8-14-9-10/h1,6,8-9H,3-5,7H2,(H,12,13). The molecule has 1 rings (SSSR count). The summed E-state index contributed by atoms with van der Waals surface area (Å²) in [7, 11) is 0. The van der Waals surface area contributed by atoms with Gasteiger partial charge in [0.05, 0.1) is 11.8 Å². The number of terminal acetylenes is 1. The summed E-state index contributed by atoms with van der Waals surface area (Å²) in [6, 6.07) is 1.64. The highest BCUT2D eigenvalue weighted by atomic mass is 16.3. The van der Waals surface area contributed by atoms with Gasteiger partial charge >= 0.3 is 0 Å². The van der Waals surface area contributed by atoms with Crippen LogP contribution in [0.4, 0.5) is 0 Å². The van der Waals surface area contributed by atoms with Crippen LogP contribution < -0.4 is 5.32 Å². The van der Waals surface area contributed by atoms with Crippen molar-refractivity contribution in [1.82, 2.24) is 5.32 Å². The zero-order valence-electron chi connectivity index (χ0n) is 7.95. The molecule has 14 heavy (non-hydrogen) atoms. The van der Waals surface area contributed by atoms with E-state index in [-0.39, 0.29) is 5.91 Å². The van der Waals surface area contributed by atoms with E-state index in [1.807, 2.05) is 0 Å². The molecule has 74 valence electrons. The molecule has 0 aliphatic heterocycles. The number of amides is 1. The molecule has 1 aromatic heterocycles. The normalized spacial score (nSPS) is 9.36. The van der Waals surface area contributed by atoms with E-state index in [0.717, 1.165) is 19.3 Å². The molecule has 0 saturated heterocycles. The van der Waals surface area contributed by atoms with Crippen LogP contribution in [-0.4, -0.2) is 12.5 Å². The first-order chi connectivity index (χ1) is 6.84. The van der Waals surface area contributed by atoms with Crippen LogP contribution in [0.5, 0.6) is 0 Å². The fourth-order valence-corrected chi connectivity index (χ4v) is 1.05. The number of hydrogen-bond donors (Lipinski definition) is 1. The number of rotatable bonds is 5. The van der Waals surface area contributed by atoms with Crippen molar-refractivity contribution in [2.45, 2.75) is 19.3 Å². The first kappa shape index (κ1) is 10.4. The molecular formula is C11H13NO2. The smallest absolute Gasteiger partial charge is 0.254 e. The summed E-state index contributed by atoms with van der Waals surface area (Å²) in [5, 5.41) is 2.78. The van der Waals surface area contributed by atoms with Crippen LogP contribution in [0.25, 0.3) is 0 Å². The Labute approximate surface area is 83.5 Å². The molecule has 0 saturated carbocycles. The van der Waals surface area contributed by atoms with Crippen molar-refractivity contribution in [2.24, 2.45) is 0 Å². The van der Waals surface area contributed by atoms with E-state index >= 15 is 0 Å². The maximum atomic E-state index is 11.3. The zero-order valence-corrected chi connectivity index (χ0v) is 7.95. The lowest BCUT2D eigenvalue weighted by Crippen LogP contribution is -2.23. The third-order valence-electron chi connectivity index (χ3n) is 1.82. The monoisotopic (exact) mass is 191 g/mol. The van der Waals surface area contributed by atoms with E-state index < -0.39 is 0 Å². The maximum absolute atomic E-state index is 11.3. The second kappa shape index (κ2) is 5.87. The number of hydrogen-bond acceptors (Lipinski definition) is 2. The molecular weight excluding hydrogens is 178 g/mol. The molecule has 0 unspecified atom stereocenters. The summed E-state index contributed by atoms with van der Waals surface area (Å²) in [4.78, 5) is 11.3. The van der Waals surface area contributed by atoms with Gasteiger partial charge in [0.25, 0.3) is 5.91 Å². The van der Waals surface area contributed by atoms with Crippen molar-refractivity contribution >= 4 is 5.91 Å². The van der Waals surface area contributed by atoms with Gasteiger partial charge in [-0.05, 0) is 18.9 Å². The van der Waals surface area contributed by atoms with Gasteiger partial charge in [0.2, 0.25) is 0 Å². The molecule has 1 aromatic rings. The van der Waals surface area contributed by atoms with Crippen molar-refractivity contribution in [3.8, 4) is 12.3 Å². The number of furan rings is 1. The van der Waals surface area contributed by atoms with E-state index in [1.54, 1.807) is 6.07 Å². The first-order valence-electron chi connectivity index (χ1n) is 4.58. The fourth-order valence-electron chi connectivity index (χ4n) is 1.05. The van der Waals surface area contributed by atoms with Crippen molar-refractivity contribution < 1.29 is 9.21 Å². The van der Waals surface area contributed by atoms with Gasteiger partial charge in [-0.25, -0.2) is 0 Å². The van der Waals surface area contributed by atoms with Gasteiger partial charge in [-0.3, -0.25) is 4.79 Å². The molecule has 3 nitrogen and oxygen atoms in total. The highest BCUT2D eigenvalue weighted by molar-refractivity contribution is 5.93. The van der Waals surface area contributed by atoms with E-state index in [4.69, 9.17) is 10.8 Å². The minimum absolute atomic E-state index is 0.0977. The molecule has 1 amide bonds. The Kier molecular flexibility index (Phi) is 4.36. The zero-order chi connectivity index (χ0) is 10.2. The molecule has 0 spiro atoms. The van der Waals surface area contributed by atoms with Crippen molar-refractivity contribution in [2.75, 3.05) is 6.54 Å². The molecule has 0 aliphatic rings. The summed E-state index contributed by atoms with van der Waals surface area (Å²) in [6.07, 6.45) is 10.6. The number of unbranched alkanes of at least 4 members (excludes halogenated alkanes) is 2. The summed E-state index contributed by atoms with van der Waals surface area (Å²) in [5.41, 5.74) is 0.557. The lowest BCUT2D eigenvalue weighted by Gasteiger charge is -2.01. The number of carbonyl (C=O) groups excluding carboxylic acids is 1. The molecule has 0 fully saturated rings. The summed E-state index contributed by atoms with van der Waals surface area (Å²) < 4.78 is 4.79. The van der Waals surface area contributed by atoms with Crippen molar-refractivity contribution in [3.63, 3.8) is 0 Å². The molecule has 0 atom stereocenters. The molecule has 0 aromatic carbocycles. The molecule has 0 bridgehead atoms. The van der Waals surface area contributed by atoms with Crippen molar-refractivity contribution in [1.29, 1.82) is 0 Å². The minimum Gasteiger partial charge on any atom is -0.472 e. The Bertz CT molecular complexity index is 309. The highest BCUT2D eigenvalue weighted by Gasteiger charge is 2.04. The SMILES string of the molecule is C#CCCCCNC(=O)c1ccoc1. The largest absolute Gasteiger partial charge is 0.472 e. The third-order valence-corrected chi connectivity index (χ3v) is 1.82. The van der Waals surface area contributed by atoms with Crippen LogP contribution in [0, 0.1) is 12.3 Å². The Morgan fingerprint density at radius 3 is 3.07 bits per heavy atom. The second-order valence-electron chi connectivity index (χ2n) is 2.93. The quantitative estimate of drug-likeness (QED) is 0.569. The summed E-state index contributed by atoms with van der Waals surface area (Å²) >= 11 is 0. The van der Waals surface area contributed by atoms with Crippen molar-refractivity contribution in [3.05, 3.63) is 24.2 Å². The summed E-state index contributed by atoms with van der Waals surface area (Å²) in [6.45, 7) is 0.658. The van der Waals surface area contributed by atoms with Crippen LogP contribution in [0.1, 0.15) is 29.6 Å². The van der Waals surface area contributed by atoms with Gasteiger partial charge in [0.1, 0.15) is 6.26 Å². The Hall–Kier alpha value is -1.69. The minimum atomic E-state index is -0.0977. The topological polar surface area (TPSA) is 42.2 Å². The van der Waals surface area contributed by atoms with Crippen LogP contribution in [-0.2, 0) is 0 Å². The van der Waals surface area contributed by atoms with E-state index in [0.29, 0.717) is 12.1 Å². The maximum Gasteiger partial charge on any atom is 0.254 e. The Morgan fingerprint density at radius 2 is 2.43 bits per heavy atom. The summed E-state index contributed by atoms with van der Waals surface area (Å²) in [5.74, 6) is 2.46. The Morgan fingerprint density at radius 1 is 1.57 bits per heavy atom. The molecule has 0 aliphatic carbocycles. The third kappa shape index (κ3) is 3.36. The van der Waals surface area contributed by atoms with E-state index in [1.165, 1.54) is 12.5 Å². The van der Waals surface area contributed by atoms with Gasteiger partial charge in [-0.1, -0.05) is 0 Å². The van der Waals surface area contributed by atoms with Crippen LogP contribution in [0.2, 0.25) is 0 Å². The predicted octanol–water partition coefficient (Wildman–Crippen LogP) is 1.81. The van der Waals surface area contributed by atoms with Crippen LogP contribution in [0.3, 0.4) is 0 Å². The second-order valence-corrected chi connectivity index (χ2v) is 2.93. The average Bonchev–Trinajstić information content (AvgIpc) is 2.70. The molecule has 1 N–H and O–H groups in total. The lowest BCUT2D eigenvalue weighted by molar-refractivity contribution is 0.0952. The van der Waals surface area contributed by atoms with Crippen LogP contribution in [0.15, 0.2) is 23.0 Å². The van der Waals surface area contributed by atoms with E-state index in [9.17, 15) is 4.79 Å². The molecule has 3 heteroatoms. The van der Waals surface area contributed by atoms with E-state index in [2.05, 4.69) is 11.2 Å². The molecule has 0 radical (unpaired) electrons. The van der Waals surface area contributed by atoms with Gasteiger partial charge in [0.15, 0.2) is 0 Å². The highest BCUT2D eigenvalue weighted by Crippen LogP contribution is 1.99. The first-order valence-corrected chi connectivity index (χ1v) is 4.58. The number of nitrogens with one attached hydrogen (secondary N) is 1. The number of carbonyl (C=O) groups is 1. The van der Waals surface area contributed by atoms with Crippen LogP contribution >= 0.6 is 0 Å². The average molecular weight is 191 g/mol. The Balaban J connectivity index is 2.14. The van der Waals surface area contributed by atoms with Gasteiger partial charge in [-0.15, -0.1) is 12.3 Å². The fraction of sp³-hybridized carbons (Fsp3) is 0.364. The lowest BCUT2D eigenvalue weighted by atomic mass is 10.2. The molecule has 1 heterocycles.